The first kappa shape index (κ1) is 25.9. The van der Waals surface area contributed by atoms with Crippen molar-refractivity contribution in [2.24, 2.45) is 0 Å². The summed E-state index contributed by atoms with van der Waals surface area (Å²) in [5.74, 6) is 2.73. The van der Waals surface area contributed by atoms with E-state index in [-0.39, 0.29) is 24.2 Å². The summed E-state index contributed by atoms with van der Waals surface area (Å²) in [5, 5.41) is 3.22. The number of hydrogen-bond donors (Lipinski definition) is 1. The molecule has 2 aliphatic carbocycles. The van der Waals surface area contributed by atoms with Gasteiger partial charge in [0.25, 0.3) is 0 Å². The van der Waals surface area contributed by atoms with Crippen molar-refractivity contribution in [3.05, 3.63) is 65.2 Å². The van der Waals surface area contributed by atoms with Gasteiger partial charge >= 0.3 is 0 Å². The number of carbonyl (C=O) groups is 2. The van der Waals surface area contributed by atoms with Crippen molar-refractivity contribution >= 4 is 11.7 Å². The van der Waals surface area contributed by atoms with E-state index in [4.69, 9.17) is 9.47 Å². The van der Waals surface area contributed by atoms with Crippen molar-refractivity contribution in [1.29, 1.82) is 0 Å². The summed E-state index contributed by atoms with van der Waals surface area (Å²) in [6.07, 6.45) is 15.3. The van der Waals surface area contributed by atoms with Gasteiger partial charge < -0.3 is 19.4 Å². The van der Waals surface area contributed by atoms with Crippen LogP contribution in [0.1, 0.15) is 63.6 Å². The summed E-state index contributed by atoms with van der Waals surface area (Å²) in [5.41, 5.74) is 1.84. The molecule has 0 saturated heterocycles. The smallest absolute Gasteiger partial charge is 0.220 e. The summed E-state index contributed by atoms with van der Waals surface area (Å²) in [6, 6.07) is -0.0609. The van der Waals surface area contributed by atoms with Crippen molar-refractivity contribution in [3.8, 4) is 0 Å². The lowest BCUT2D eigenvalue weighted by Crippen LogP contribution is -2.38. The number of halogens is 1. The molecule has 4 rings (SSSR count). The van der Waals surface area contributed by atoms with Crippen molar-refractivity contribution in [1.82, 2.24) is 14.9 Å². The lowest BCUT2D eigenvalue weighted by molar-refractivity contribution is -0.122. The van der Waals surface area contributed by atoms with Crippen LogP contribution in [0.5, 0.6) is 0 Å². The maximum absolute atomic E-state index is 13.2. The zero-order valence-corrected chi connectivity index (χ0v) is 21.0. The van der Waals surface area contributed by atoms with Crippen LogP contribution in [0.4, 0.5) is 4.39 Å². The van der Waals surface area contributed by atoms with Gasteiger partial charge in [0.15, 0.2) is 11.5 Å². The zero-order chi connectivity index (χ0) is 25.3. The molecule has 2 heterocycles. The summed E-state index contributed by atoms with van der Waals surface area (Å²) in [6.45, 7) is 3.77. The van der Waals surface area contributed by atoms with Gasteiger partial charge in [-0.15, -0.1) is 0 Å². The molecular formula is C28H36FN3O4. The largest absolute Gasteiger partial charge is 0.491 e. The van der Waals surface area contributed by atoms with Crippen LogP contribution in [0.3, 0.4) is 0 Å². The molecular weight excluding hydrogens is 461 g/mol. The van der Waals surface area contributed by atoms with Gasteiger partial charge in [-0.25, -0.2) is 9.37 Å². The molecule has 1 aliphatic heterocycles. The van der Waals surface area contributed by atoms with Gasteiger partial charge in [-0.3, -0.25) is 9.59 Å². The van der Waals surface area contributed by atoms with Crippen LogP contribution >= 0.6 is 0 Å². The molecule has 0 bridgehead atoms. The molecule has 0 aromatic carbocycles. The Hall–Kier alpha value is -3.16. The van der Waals surface area contributed by atoms with E-state index in [0.29, 0.717) is 38.2 Å². The van der Waals surface area contributed by atoms with Crippen molar-refractivity contribution in [2.45, 2.75) is 83.5 Å². The monoisotopic (exact) mass is 497 g/mol. The van der Waals surface area contributed by atoms with E-state index in [1.807, 2.05) is 13.1 Å². The molecule has 7 nitrogen and oxygen atoms in total. The van der Waals surface area contributed by atoms with Crippen molar-refractivity contribution < 1.29 is 23.5 Å². The van der Waals surface area contributed by atoms with E-state index < -0.39 is 6.17 Å². The Labute approximate surface area is 212 Å². The zero-order valence-electron chi connectivity index (χ0n) is 21.0. The fourth-order valence-electron chi connectivity index (χ4n) is 4.78. The van der Waals surface area contributed by atoms with E-state index in [0.717, 1.165) is 55.9 Å². The number of aromatic nitrogens is 2. The molecule has 0 fully saturated rings. The molecule has 194 valence electrons. The molecule has 0 spiro atoms. The fraction of sp³-hybridized carbons (Fsp3) is 0.536. The molecule has 0 saturated carbocycles. The molecule has 8 heteroatoms. The highest BCUT2D eigenvalue weighted by Crippen LogP contribution is 2.30. The molecule has 1 aromatic rings. The average molecular weight is 498 g/mol. The Bertz CT molecular complexity index is 1070. The number of Topliss-reactive ketones (excluding diaryl/α,β-unsaturated/α-hetero) is 1. The molecule has 1 aromatic heterocycles. The molecule has 1 amide bonds. The number of aryl methyl sites for hydroxylation is 1. The lowest BCUT2D eigenvalue weighted by atomic mass is 9.95. The van der Waals surface area contributed by atoms with Crippen LogP contribution in [0.2, 0.25) is 0 Å². The van der Waals surface area contributed by atoms with Gasteiger partial charge in [-0.2, -0.15) is 0 Å². The second-order valence-electron chi connectivity index (χ2n) is 9.64. The summed E-state index contributed by atoms with van der Waals surface area (Å²) in [7, 11) is 0. The van der Waals surface area contributed by atoms with Gasteiger partial charge in [-0.05, 0) is 44.8 Å². The number of nitrogens with one attached hydrogen (secondary N) is 1. The number of unbranched alkanes of at least 4 members (excludes halogenated alkanes) is 2. The summed E-state index contributed by atoms with van der Waals surface area (Å²) >= 11 is 0. The number of imidazole rings is 1. The molecule has 3 aliphatic rings. The van der Waals surface area contributed by atoms with Gasteiger partial charge in [0.05, 0.1) is 6.04 Å². The predicted molar refractivity (Wildman–Crippen MR) is 135 cm³/mol. The standard InChI is InChI=1S/C28H36FN3O4/c1-20-30-13-14-32(20)19-24(17-21-7-12-26-27(18-21)36-16-15-35-26)31-28(34)6-4-2-3-5-25(33)22-8-10-23(29)11-9-22/h8-10,13-14,18,23-24H,2-7,11-12,15-17,19H2,1H3,(H,31,34)/t23?,24-/m0/s1. The third-order valence-electron chi connectivity index (χ3n) is 6.79. The van der Waals surface area contributed by atoms with Gasteiger partial charge in [-0.1, -0.05) is 24.1 Å². The Morgan fingerprint density at radius 2 is 2.03 bits per heavy atom. The first-order valence-electron chi connectivity index (χ1n) is 13.0. The maximum atomic E-state index is 13.2. The topological polar surface area (TPSA) is 82.4 Å². The summed E-state index contributed by atoms with van der Waals surface area (Å²) in [4.78, 5) is 29.3. The maximum Gasteiger partial charge on any atom is 0.220 e. The fourth-order valence-corrected chi connectivity index (χ4v) is 4.78. The highest BCUT2D eigenvalue weighted by molar-refractivity contribution is 5.98. The molecule has 1 unspecified atom stereocenters. The van der Waals surface area contributed by atoms with E-state index in [9.17, 15) is 14.0 Å². The van der Waals surface area contributed by atoms with Crippen LogP contribution < -0.4 is 5.32 Å². The number of hydrogen-bond acceptors (Lipinski definition) is 5. The first-order valence-corrected chi connectivity index (χ1v) is 13.0. The number of ether oxygens (including phenoxy) is 2. The minimum atomic E-state index is -0.986. The Morgan fingerprint density at radius 3 is 2.81 bits per heavy atom. The van der Waals surface area contributed by atoms with Crippen LogP contribution in [0.15, 0.2) is 59.4 Å². The number of rotatable bonds is 12. The van der Waals surface area contributed by atoms with Crippen molar-refractivity contribution in [2.75, 3.05) is 13.2 Å². The minimum absolute atomic E-state index is 0.0181. The highest BCUT2D eigenvalue weighted by atomic mass is 19.1. The van der Waals surface area contributed by atoms with Gasteiger partial charge in [0, 0.05) is 50.2 Å². The normalized spacial score (nSPS) is 20.0. The van der Waals surface area contributed by atoms with E-state index in [1.165, 1.54) is 11.6 Å². The predicted octanol–water partition coefficient (Wildman–Crippen LogP) is 4.79. The molecule has 36 heavy (non-hydrogen) atoms. The number of carbonyl (C=O) groups excluding carboxylic acids is 2. The average Bonchev–Trinajstić information content (AvgIpc) is 3.28. The Balaban J connectivity index is 1.24. The number of ketones is 1. The molecule has 1 N–H and O–H groups in total. The third kappa shape index (κ3) is 7.42. The summed E-state index contributed by atoms with van der Waals surface area (Å²) < 4.78 is 26.7. The molecule has 2 atom stereocenters. The first-order chi connectivity index (χ1) is 17.5. The SMILES string of the molecule is Cc1nccn1C[C@H](CC1=CC2=C(CC1)OCCO2)NC(=O)CCCCCC(=O)C1=CCC(F)C=C1. The minimum Gasteiger partial charge on any atom is -0.491 e. The van der Waals surface area contributed by atoms with Crippen LogP contribution in [0.25, 0.3) is 0 Å². The third-order valence-corrected chi connectivity index (χ3v) is 6.79. The van der Waals surface area contributed by atoms with Gasteiger partial charge in [0.2, 0.25) is 5.91 Å². The number of nitrogens with zero attached hydrogens (tertiary/aromatic N) is 2. The number of amides is 1. The number of allylic oxidation sites excluding steroid dienone is 6. The number of alkyl halides is 1. The molecule has 0 radical (unpaired) electrons. The quantitative estimate of drug-likeness (QED) is 0.420. The van der Waals surface area contributed by atoms with Crippen molar-refractivity contribution in [3.63, 3.8) is 0 Å². The van der Waals surface area contributed by atoms with Crippen LogP contribution in [0, 0.1) is 6.92 Å². The lowest BCUT2D eigenvalue weighted by Gasteiger charge is -2.27. The highest BCUT2D eigenvalue weighted by Gasteiger charge is 2.23. The Kier molecular flexibility index (Phi) is 9.14. The van der Waals surface area contributed by atoms with Crippen LogP contribution in [-0.2, 0) is 25.6 Å². The van der Waals surface area contributed by atoms with E-state index >= 15 is 0 Å². The second kappa shape index (κ2) is 12.7. The second-order valence-corrected chi connectivity index (χ2v) is 9.64. The van der Waals surface area contributed by atoms with E-state index in [2.05, 4.69) is 20.9 Å². The Morgan fingerprint density at radius 1 is 1.19 bits per heavy atom. The van der Waals surface area contributed by atoms with Crippen LogP contribution in [-0.4, -0.2) is 46.7 Å². The van der Waals surface area contributed by atoms with E-state index in [1.54, 1.807) is 18.3 Å². The van der Waals surface area contributed by atoms with Gasteiger partial charge in [0.1, 0.15) is 31.0 Å².